The lowest BCUT2D eigenvalue weighted by Gasteiger charge is -2.31. The molecule has 0 aromatic carbocycles. The van der Waals surface area contributed by atoms with Crippen LogP contribution in [0.2, 0.25) is 0 Å². The highest BCUT2D eigenvalue weighted by Crippen LogP contribution is 2.29. The Morgan fingerprint density at radius 2 is 1.95 bits per heavy atom. The molecule has 0 spiro atoms. The summed E-state index contributed by atoms with van der Waals surface area (Å²) in [4.78, 5) is 10.7. The molecule has 0 aliphatic carbocycles. The number of piperazine rings is 1. The maximum atomic E-state index is 6.25. The molecule has 0 amide bonds. The van der Waals surface area contributed by atoms with Crippen LogP contribution in [0.4, 0.5) is 0 Å². The molecule has 0 bridgehead atoms. The smallest absolute Gasteiger partial charge is 0.107 e. The molecule has 2 N–H and O–H groups in total. The molecule has 1 aromatic heterocycles. The number of likely N-dealkylation sites (N-methyl/N-ethyl adjacent to an activating group) is 1. The van der Waals surface area contributed by atoms with Gasteiger partial charge < -0.3 is 15.4 Å². The van der Waals surface area contributed by atoms with E-state index in [0.29, 0.717) is 6.61 Å². The van der Waals surface area contributed by atoms with E-state index in [4.69, 9.17) is 15.5 Å². The van der Waals surface area contributed by atoms with Crippen molar-refractivity contribution in [2.24, 2.45) is 5.73 Å². The largest absolute Gasteiger partial charge is 0.378 e. The lowest BCUT2D eigenvalue weighted by Crippen LogP contribution is -2.43. The quantitative estimate of drug-likeness (QED) is 0.886. The number of methoxy groups -OCH3 is 1. The molecule has 1 fully saturated rings. The topological polar surface area (TPSA) is 54.6 Å². The molecular formula is C14H26N4OS. The van der Waals surface area contributed by atoms with E-state index < -0.39 is 0 Å². The van der Waals surface area contributed by atoms with Crippen LogP contribution < -0.4 is 5.73 Å². The Morgan fingerprint density at radius 1 is 1.30 bits per heavy atom. The molecule has 2 rings (SSSR count). The van der Waals surface area contributed by atoms with Crippen molar-refractivity contribution in [1.29, 1.82) is 0 Å². The van der Waals surface area contributed by atoms with E-state index >= 15 is 0 Å². The first-order valence-electron chi connectivity index (χ1n) is 7.08. The second-order valence-corrected chi connectivity index (χ2v) is 7.20. The van der Waals surface area contributed by atoms with E-state index in [0.717, 1.165) is 48.3 Å². The van der Waals surface area contributed by atoms with E-state index in [-0.39, 0.29) is 5.54 Å². The monoisotopic (exact) mass is 298 g/mol. The Balaban J connectivity index is 2.08. The highest BCUT2D eigenvalue weighted by Gasteiger charge is 2.24. The average Bonchev–Trinajstić information content (AvgIpc) is 2.75. The maximum absolute atomic E-state index is 6.25. The normalized spacial score (nSPS) is 18.6. The first-order chi connectivity index (χ1) is 9.40. The number of nitrogens with two attached hydrogens (primary N) is 1. The Labute approximate surface area is 125 Å². The summed E-state index contributed by atoms with van der Waals surface area (Å²) in [7, 11) is 3.87. The molecule has 1 saturated heterocycles. The molecule has 0 atom stereocenters. The van der Waals surface area contributed by atoms with E-state index in [1.165, 1.54) is 0 Å². The van der Waals surface area contributed by atoms with Crippen LogP contribution in [0.3, 0.4) is 0 Å². The van der Waals surface area contributed by atoms with Crippen LogP contribution in [0.1, 0.15) is 29.4 Å². The Hall–Kier alpha value is -0.530. The van der Waals surface area contributed by atoms with Crippen molar-refractivity contribution < 1.29 is 4.74 Å². The fourth-order valence-corrected chi connectivity index (χ4v) is 3.53. The van der Waals surface area contributed by atoms with E-state index in [1.54, 1.807) is 18.4 Å². The predicted molar refractivity (Wildman–Crippen MR) is 82.8 cm³/mol. The highest BCUT2D eigenvalue weighted by molar-refractivity contribution is 7.11. The molecule has 0 unspecified atom stereocenters. The van der Waals surface area contributed by atoms with Gasteiger partial charge in [0.05, 0.1) is 18.8 Å². The molecule has 0 saturated carbocycles. The SMILES string of the molecule is COCc1nc(CN2CCN(C)CC2)sc1C(C)(C)N. The Kier molecular flexibility index (Phi) is 5.14. The van der Waals surface area contributed by atoms with Gasteiger partial charge in [0, 0.05) is 43.7 Å². The van der Waals surface area contributed by atoms with Crippen molar-refractivity contribution >= 4 is 11.3 Å². The van der Waals surface area contributed by atoms with Gasteiger partial charge >= 0.3 is 0 Å². The van der Waals surface area contributed by atoms with Crippen molar-refractivity contribution in [3.05, 3.63) is 15.6 Å². The molecule has 2 heterocycles. The first-order valence-corrected chi connectivity index (χ1v) is 7.89. The van der Waals surface area contributed by atoms with Crippen molar-refractivity contribution in [3.63, 3.8) is 0 Å². The molecule has 0 radical (unpaired) electrons. The zero-order valence-corrected chi connectivity index (χ0v) is 13.8. The van der Waals surface area contributed by atoms with Gasteiger partial charge in [-0.25, -0.2) is 4.98 Å². The van der Waals surface area contributed by atoms with Gasteiger partial charge in [0.25, 0.3) is 0 Å². The van der Waals surface area contributed by atoms with Crippen molar-refractivity contribution in [1.82, 2.24) is 14.8 Å². The Morgan fingerprint density at radius 3 is 2.50 bits per heavy atom. The van der Waals surface area contributed by atoms with Crippen molar-refractivity contribution in [2.75, 3.05) is 40.3 Å². The zero-order valence-electron chi connectivity index (χ0n) is 13.0. The molecule has 1 aliphatic rings. The summed E-state index contributed by atoms with van der Waals surface area (Å²) in [6.07, 6.45) is 0. The van der Waals surface area contributed by atoms with Crippen molar-refractivity contribution in [2.45, 2.75) is 32.5 Å². The minimum absolute atomic E-state index is 0.355. The summed E-state index contributed by atoms with van der Waals surface area (Å²) in [5.74, 6) is 0. The van der Waals surface area contributed by atoms with Crippen LogP contribution in [-0.4, -0.2) is 55.1 Å². The van der Waals surface area contributed by atoms with Gasteiger partial charge in [-0.15, -0.1) is 11.3 Å². The maximum Gasteiger partial charge on any atom is 0.107 e. The number of ether oxygens (including phenoxy) is 1. The van der Waals surface area contributed by atoms with Gasteiger partial charge in [-0.1, -0.05) is 0 Å². The summed E-state index contributed by atoms with van der Waals surface area (Å²) in [5, 5.41) is 1.15. The van der Waals surface area contributed by atoms with Crippen LogP contribution in [-0.2, 0) is 23.4 Å². The standard InChI is InChI=1S/C14H26N4OS/c1-14(2,15)13-11(10-19-4)16-12(20-13)9-18-7-5-17(3)6-8-18/h5-10,15H2,1-4H3. The fraction of sp³-hybridized carbons (Fsp3) is 0.786. The third-order valence-electron chi connectivity index (χ3n) is 3.56. The molecule has 20 heavy (non-hydrogen) atoms. The highest BCUT2D eigenvalue weighted by atomic mass is 32.1. The fourth-order valence-electron chi connectivity index (χ4n) is 2.40. The van der Waals surface area contributed by atoms with Gasteiger partial charge in [0.1, 0.15) is 5.01 Å². The summed E-state index contributed by atoms with van der Waals surface area (Å²) in [6, 6.07) is 0. The van der Waals surface area contributed by atoms with Crippen LogP contribution >= 0.6 is 11.3 Å². The van der Waals surface area contributed by atoms with E-state index in [1.807, 2.05) is 13.8 Å². The van der Waals surface area contributed by atoms with Crippen LogP contribution in [0.25, 0.3) is 0 Å². The molecule has 5 nitrogen and oxygen atoms in total. The second kappa shape index (κ2) is 6.49. The van der Waals surface area contributed by atoms with Gasteiger partial charge in [0.15, 0.2) is 0 Å². The lowest BCUT2D eigenvalue weighted by atomic mass is 10.0. The predicted octanol–water partition coefficient (Wildman–Crippen LogP) is 1.23. The second-order valence-electron chi connectivity index (χ2n) is 6.12. The molecular weight excluding hydrogens is 272 g/mol. The number of nitrogens with zero attached hydrogens (tertiary/aromatic N) is 3. The van der Waals surface area contributed by atoms with E-state index in [2.05, 4.69) is 16.8 Å². The van der Waals surface area contributed by atoms with Crippen LogP contribution in [0.5, 0.6) is 0 Å². The average molecular weight is 298 g/mol. The first kappa shape index (κ1) is 15.9. The summed E-state index contributed by atoms with van der Waals surface area (Å²) in [6.45, 7) is 9.99. The number of hydrogen-bond donors (Lipinski definition) is 1. The third-order valence-corrected chi connectivity index (χ3v) is 4.98. The zero-order chi connectivity index (χ0) is 14.8. The van der Waals surface area contributed by atoms with Gasteiger partial charge in [-0.3, -0.25) is 4.90 Å². The molecule has 1 aromatic rings. The van der Waals surface area contributed by atoms with Gasteiger partial charge in [-0.2, -0.15) is 0 Å². The van der Waals surface area contributed by atoms with Gasteiger partial charge in [-0.05, 0) is 20.9 Å². The number of rotatable bonds is 5. The molecule has 1 aliphatic heterocycles. The minimum atomic E-state index is -0.355. The summed E-state index contributed by atoms with van der Waals surface area (Å²) in [5.41, 5.74) is 6.89. The van der Waals surface area contributed by atoms with E-state index in [9.17, 15) is 0 Å². The summed E-state index contributed by atoms with van der Waals surface area (Å²) < 4.78 is 5.25. The third kappa shape index (κ3) is 3.99. The van der Waals surface area contributed by atoms with Crippen molar-refractivity contribution in [3.8, 4) is 0 Å². The lowest BCUT2D eigenvalue weighted by molar-refractivity contribution is 0.147. The number of thiazole rings is 1. The van der Waals surface area contributed by atoms with Crippen LogP contribution in [0, 0.1) is 0 Å². The molecule has 114 valence electrons. The van der Waals surface area contributed by atoms with Gasteiger partial charge in [0.2, 0.25) is 0 Å². The number of hydrogen-bond acceptors (Lipinski definition) is 6. The molecule has 6 heteroatoms. The summed E-state index contributed by atoms with van der Waals surface area (Å²) >= 11 is 1.73. The minimum Gasteiger partial charge on any atom is -0.378 e. The van der Waals surface area contributed by atoms with Crippen LogP contribution in [0.15, 0.2) is 0 Å². The Bertz CT molecular complexity index is 433. The number of aromatic nitrogens is 1.